The third kappa shape index (κ3) is 4.69. The van der Waals surface area contributed by atoms with Crippen molar-refractivity contribution in [1.29, 1.82) is 0 Å². The van der Waals surface area contributed by atoms with Crippen molar-refractivity contribution in [3.63, 3.8) is 0 Å². The maximum absolute atomic E-state index is 13.7. The van der Waals surface area contributed by atoms with Gasteiger partial charge in [-0.15, -0.1) is 0 Å². The average molecular weight is 610 g/mol. The van der Waals surface area contributed by atoms with Crippen LogP contribution >= 0.6 is 22.6 Å². The molecule has 5 aromatic rings. The van der Waals surface area contributed by atoms with Crippen LogP contribution in [0, 0.1) is 9.39 Å². The second-order valence-corrected chi connectivity index (χ2v) is 9.95. The zero-order valence-corrected chi connectivity index (χ0v) is 21.5. The molecule has 3 heterocycles. The van der Waals surface area contributed by atoms with Gasteiger partial charge < -0.3 is 14.1 Å². The summed E-state index contributed by atoms with van der Waals surface area (Å²) in [6, 6.07) is 19.5. The van der Waals surface area contributed by atoms with Crippen molar-refractivity contribution in [2.45, 2.75) is 12.6 Å². The largest absolute Gasteiger partial charge is 0.417 e. The van der Waals surface area contributed by atoms with Crippen LogP contribution < -0.4 is 5.76 Å². The van der Waals surface area contributed by atoms with Crippen LogP contribution in [0.25, 0.3) is 28.0 Å². The predicted octanol–water partition coefficient (Wildman–Crippen LogP) is 4.82. The molecular formula is C27H20FIN4O4. The van der Waals surface area contributed by atoms with Crippen LogP contribution in [0.2, 0.25) is 0 Å². The van der Waals surface area contributed by atoms with Crippen LogP contribution in [0.3, 0.4) is 0 Å². The van der Waals surface area contributed by atoms with Crippen molar-refractivity contribution < 1.29 is 18.3 Å². The van der Waals surface area contributed by atoms with Gasteiger partial charge in [0.05, 0.1) is 11.2 Å². The Hall–Kier alpha value is -3.77. The summed E-state index contributed by atoms with van der Waals surface area (Å²) in [6.45, 7) is 0.342. The quantitative estimate of drug-likeness (QED) is 0.279. The summed E-state index contributed by atoms with van der Waals surface area (Å²) in [5.41, 5.74) is 4.91. The molecule has 0 bridgehead atoms. The predicted molar refractivity (Wildman–Crippen MR) is 143 cm³/mol. The number of aromatic nitrogens is 3. The van der Waals surface area contributed by atoms with E-state index >= 15 is 0 Å². The number of H-pyrrole nitrogens is 1. The summed E-state index contributed by atoms with van der Waals surface area (Å²) in [6.07, 6.45) is 1.74. The summed E-state index contributed by atoms with van der Waals surface area (Å²) >= 11 is 2.24. The number of hydrogen-bond donors (Lipinski definition) is 1. The molecule has 0 aliphatic carbocycles. The molecule has 1 atom stereocenters. The molecule has 1 unspecified atom stereocenters. The number of benzene rings is 3. The minimum Gasteiger partial charge on any atom is -0.408 e. The summed E-state index contributed by atoms with van der Waals surface area (Å²) in [5.74, 6) is -0.980. The highest BCUT2D eigenvalue weighted by molar-refractivity contribution is 14.1. The molecule has 0 radical (unpaired) electrons. The highest BCUT2D eigenvalue weighted by Crippen LogP contribution is 2.35. The molecule has 8 nitrogen and oxygen atoms in total. The van der Waals surface area contributed by atoms with Gasteiger partial charge in [0, 0.05) is 27.4 Å². The SMILES string of the molecule is O=C1COC(c2cn(-c3ccc(I)cc3)nc2-c2ccc(F)cc2)N1CCc1ccc2[nH]c(=O)oc2c1. The molecule has 1 aliphatic heterocycles. The molecule has 10 heteroatoms. The minimum absolute atomic E-state index is 0.0477. The molecule has 2 aromatic heterocycles. The molecular weight excluding hydrogens is 590 g/mol. The van der Waals surface area contributed by atoms with Gasteiger partial charge in [-0.1, -0.05) is 6.07 Å². The van der Waals surface area contributed by atoms with Crippen molar-refractivity contribution in [2.75, 3.05) is 13.2 Å². The fraction of sp³-hybridized carbons (Fsp3) is 0.148. The van der Waals surface area contributed by atoms with Crippen molar-refractivity contribution in [2.24, 2.45) is 0 Å². The summed E-state index contributed by atoms with van der Waals surface area (Å²) < 4.78 is 27.6. The van der Waals surface area contributed by atoms with Crippen LogP contribution in [0.5, 0.6) is 0 Å². The van der Waals surface area contributed by atoms with Crippen molar-refractivity contribution in [3.05, 3.63) is 104 Å². The van der Waals surface area contributed by atoms with Gasteiger partial charge in [0.1, 0.15) is 18.1 Å². The Morgan fingerprint density at radius 3 is 2.62 bits per heavy atom. The van der Waals surface area contributed by atoms with Crippen LogP contribution in [0.1, 0.15) is 17.4 Å². The minimum atomic E-state index is -0.654. The van der Waals surface area contributed by atoms with E-state index in [9.17, 15) is 14.0 Å². The lowest BCUT2D eigenvalue weighted by Crippen LogP contribution is -2.30. The smallest absolute Gasteiger partial charge is 0.408 e. The molecule has 0 spiro atoms. The monoisotopic (exact) mass is 610 g/mol. The fourth-order valence-electron chi connectivity index (χ4n) is 4.47. The van der Waals surface area contributed by atoms with Crippen LogP contribution in [0.4, 0.5) is 4.39 Å². The Balaban J connectivity index is 1.34. The normalized spacial score (nSPS) is 15.7. The topological polar surface area (TPSA) is 93.4 Å². The third-order valence-electron chi connectivity index (χ3n) is 6.31. The molecule has 1 saturated heterocycles. The van der Waals surface area contributed by atoms with E-state index in [2.05, 4.69) is 27.6 Å². The number of oxazole rings is 1. The van der Waals surface area contributed by atoms with E-state index in [0.717, 1.165) is 20.4 Å². The molecule has 1 amide bonds. The first-order chi connectivity index (χ1) is 17.9. The number of nitrogens with zero attached hydrogens (tertiary/aromatic N) is 3. The molecule has 3 aromatic carbocycles. The fourth-order valence-corrected chi connectivity index (χ4v) is 4.83. The number of carbonyl (C=O) groups is 1. The van der Waals surface area contributed by atoms with Gasteiger partial charge >= 0.3 is 5.76 Å². The van der Waals surface area contributed by atoms with Gasteiger partial charge in [0.2, 0.25) is 0 Å². The zero-order chi connectivity index (χ0) is 25.5. The Bertz CT molecular complexity index is 1660. The number of ether oxygens (including phenoxy) is 1. The first-order valence-electron chi connectivity index (χ1n) is 11.6. The Kier molecular flexibility index (Phi) is 6.13. The molecule has 0 saturated carbocycles. The van der Waals surface area contributed by atoms with E-state index in [-0.39, 0.29) is 18.3 Å². The van der Waals surface area contributed by atoms with Crippen LogP contribution in [0.15, 0.2) is 82.1 Å². The maximum Gasteiger partial charge on any atom is 0.417 e. The van der Waals surface area contributed by atoms with Gasteiger partial charge in [0.15, 0.2) is 11.8 Å². The molecule has 1 N–H and O–H groups in total. The average Bonchev–Trinajstić information content (AvgIpc) is 3.59. The van der Waals surface area contributed by atoms with Crippen LogP contribution in [-0.4, -0.2) is 38.7 Å². The number of hydrogen-bond acceptors (Lipinski definition) is 5. The second-order valence-electron chi connectivity index (χ2n) is 8.71. The van der Waals surface area contributed by atoms with Gasteiger partial charge in [0.25, 0.3) is 5.91 Å². The highest BCUT2D eigenvalue weighted by Gasteiger charge is 2.36. The molecule has 186 valence electrons. The third-order valence-corrected chi connectivity index (χ3v) is 7.03. The number of carbonyl (C=O) groups excluding carboxylic acids is 1. The van der Waals surface area contributed by atoms with Gasteiger partial charge in [-0.2, -0.15) is 5.10 Å². The molecule has 6 rings (SSSR count). The van der Waals surface area contributed by atoms with Crippen LogP contribution in [-0.2, 0) is 16.0 Å². The first kappa shape index (κ1) is 23.6. The first-order valence-corrected chi connectivity index (χ1v) is 12.7. The summed E-state index contributed by atoms with van der Waals surface area (Å²) in [7, 11) is 0. The second kappa shape index (κ2) is 9.60. The van der Waals surface area contributed by atoms with Gasteiger partial charge in [-0.3, -0.25) is 9.78 Å². The Morgan fingerprint density at radius 1 is 1.05 bits per heavy atom. The van der Waals surface area contributed by atoms with Crippen molar-refractivity contribution >= 4 is 39.6 Å². The van der Waals surface area contributed by atoms with Gasteiger partial charge in [-0.25, -0.2) is 13.9 Å². The van der Waals surface area contributed by atoms with Gasteiger partial charge in [-0.05, 0) is 95.2 Å². The standard InChI is InChI=1S/C27H20FIN4O4/c28-18-4-2-17(3-5-18)25-21(14-33(31-25)20-8-6-19(29)7-9-20)26-32(24(34)15-36-26)12-11-16-1-10-22-23(13-16)37-27(35)30-22/h1-10,13-14,26H,11-12,15H2,(H,30,35). The van der Waals surface area contributed by atoms with E-state index in [1.807, 2.05) is 36.5 Å². The van der Waals surface area contributed by atoms with E-state index in [4.69, 9.17) is 14.3 Å². The molecule has 1 fully saturated rings. The number of amides is 1. The van der Waals surface area contributed by atoms with E-state index in [1.165, 1.54) is 12.1 Å². The lowest BCUT2D eigenvalue weighted by molar-refractivity contribution is -0.128. The number of rotatable bonds is 6. The van der Waals surface area contributed by atoms with E-state index in [0.29, 0.717) is 35.3 Å². The Morgan fingerprint density at radius 2 is 1.84 bits per heavy atom. The number of aromatic amines is 1. The molecule has 37 heavy (non-hydrogen) atoms. The number of nitrogens with one attached hydrogen (secondary N) is 1. The van der Waals surface area contributed by atoms with Crippen molar-refractivity contribution in [1.82, 2.24) is 19.7 Å². The van der Waals surface area contributed by atoms with Crippen molar-refractivity contribution in [3.8, 4) is 16.9 Å². The maximum atomic E-state index is 13.7. The number of halogens is 2. The van der Waals surface area contributed by atoms with E-state index < -0.39 is 12.0 Å². The zero-order valence-electron chi connectivity index (χ0n) is 19.4. The Labute approximate surface area is 223 Å². The molecule has 1 aliphatic rings. The number of fused-ring (bicyclic) bond motifs is 1. The summed E-state index contributed by atoms with van der Waals surface area (Å²) in [4.78, 5) is 28.6. The van der Waals surface area contributed by atoms with E-state index in [1.54, 1.807) is 33.8 Å². The lowest BCUT2D eigenvalue weighted by Gasteiger charge is -2.23. The highest BCUT2D eigenvalue weighted by atomic mass is 127. The summed E-state index contributed by atoms with van der Waals surface area (Å²) in [5, 5.41) is 4.80. The lowest BCUT2D eigenvalue weighted by atomic mass is 10.1.